The van der Waals surface area contributed by atoms with Crippen LogP contribution in [0.3, 0.4) is 0 Å². The molecule has 0 radical (unpaired) electrons. The van der Waals surface area contributed by atoms with Gasteiger partial charge in [0.15, 0.2) is 0 Å². The van der Waals surface area contributed by atoms with Crippen molar-refractivity contribution in [2.45, 2.75) is 66.3 Å². The quantitative estimate of drug-likeness (QED) is 0.819. The first kappa shape index (κ1) is 16.2. The fourth-order valence-corrected chi connectivity index (χ4v) is 2.55. The average molecular weight is 265 g/mol. The Morgan fingerprint density at radius 1 is 1.32 bits per heavy atom. The van der Waals surface area contributed by atoms with Crippen molar-refractivity contribution in [2.75, 3.05) is 6.54 Å². The summed E-state index contributed by atoms with van der Waals surface area (Å²) in [6.45, 7) is 12.4. The summed E-state index contributed by atoms with van der Waals surface area (Å²) in [6.07, 6.45) is 4.60. The van der Waals surface area contributed by atoms with E-state index in [1.807, 2.05) is 4.68 Å². The van der Waals surface area contributed by atoms with Crippen LogP contribution in [0.2, 0.25) is 0 Å². The Hall–Kier alpha value is -0.830. The van der Waals surface area contributed by atoms with Crippen molar-refractivity contribution in [1.29, 1.82) is 0 Å². The summed E-state index contributed by atoms with van der Waals surface area (Å²) in [4.78, 5) is 0. The Morgan fingerprint density at radius 2 is 2.00 bits per heavy atom. The predicted molar refractivity (Wildman–Crippen MR) is 82.4 cm³/mol. The van der Waals surface area contributed by atoms with E-state index in [1.54, 1.807) is 0 Å². The van der Waals surface area contributed by atoms with E-state index in [0.29, 0.717) is 11.5 Å². The van der Waals surface area contributed by atoms with Crippen LogP contribution in [0.4, 0.5) is 0 Å². The Balaban J connectivity index is 2.49. The lowest BCUT2D eigenvalue weighted by Crippen LogP contribution is -2.40. The van der Waals surface area contributed by atoms with Crippen LogP contribution in [0.5, 0.6) is 0 Å². The van der Waals surface area contributed by atoms with Crippen molar-refractivity contribution in [2.24, 2.45) is 12.5 Å². The highest BCUT2D eigenvalue weighted by Gasteiger charge is 2.23. The van der Waals surface area contributed by atoms with E-state index in [4.69, 9.17) is 0 Å². The molecule has 0 saturated carbocycles. The van der Waals surface area contributed by atoms with Gasteiger partial charge in [-0.15, -0.1) is 0 Å². The average Bonchev–Trinajstić information content (AvgIpc) is 2.68. The van der Waals surface area contributed by atoms with Crippen LogP contribution in [0.1, 0.15) is 58.8 Å². The molecule has 0 aliphatic carbocycles. The van der Waals surface area contributed by atoms with Crippen LogP contribution in [0.15, 0.2) is 6.07 Å². The molecule has 1 rings (SSSR count). The molecule has 19 heavy (non-hydrogen) atoms. The van der Waals surface area contributed by atoms with Gasteiger partial charge in [-0.2, -0.15) is 5.10 Å². The van der Waals surface area contributed by atoms with Crippen molar-refractivity contribution >= 4 is 0 Å². The van der Waals surface area contributed by atoms with Gasteiger partial charge in [0.05, 0.1) is 5.69 Å². The summed E-state index contributed by atoms with van der Waals surface area (Å²) in [6, 6.07) is 2.84. The maximum absolute atomic E-state index is 4.51. The van der Waals surface area contributed by atoms with Crippen LogP contribution in [0, 0.1) is 5.41 Å². The number of aryl methyl sites for hydroxylation is 3. The lowest BCUT2D eigenvalue weighted by Gasteiger charge is -2.31. The Bertz CT molecular complexity index is 374. The van der Waals surface area contributed by atoms with Gasteiger partial charge in [0.1, 0.15) is 0 Å². The zero-order valence-electron chi connectivity index (χ0n) is 13.6. The van der Waals surface area contributed by atoms with Gasteiger partial charge >= 0.3 is 0 Å². The van der Waals surface area contributed by atoms with Crippen LogP contribution < -0.4 is 5.32 Å². The smallest absolute Gasteiger partial charge is 0.0624 e. The summed E-state index contributed by atoms with van der Waals surface area (Å²) in [5.41, 5.74) is 2.90. The van der Waals surface area contributed by atoms with Crippen LogP contribution in [-0.2, 0) is 19.9 Å². The third kappa shape index (κ3) is 4.98. The maximum Gasteiger partial charge on any atom is 0.0624 e. The van der Waals surface area contributed by atoms with E-state index in [2.05, 4.69) is 58.1 Å². The molecule has 1 aromatic heterocycles. The van der Waals surface area contributed by atoms with Gasteiger partial charge in [0.2, 0.25) is 0 Å². The fraction of sp³-hybridized carbons (Fsp3) is 0.812. The molecule has 1 heterocycles. The largest absolute Gasteiger partial charge is 0.314 e. The topological polar surface area (TPSA) is 29.9 Å². The van der Waals surface area contributed by atoms with E-state index in [1.165, 1.54) is 24.2 Å². The molecule has 0 bridgehead atoms. The number of rotatable bonds is 7. The zero-order chi connectivity index (χ0) is 14.5. The molecule has 1 atom stereocenters. The molecule has 0 saturated heterocycles. The first-order valence-corrected chi connectivity index (χ1v) is 7.63. The molecule has 3 nitrogen and oxygen atoms in total. The normalized spacial score (nSPS) is 13.8. The highest BCUT2D eigenvalue weighted by Crippen LogP contribution is 2.23. The van der Waals surface area contributed by atoms with Gasteiger partial charge < -0.3 is 5.32 Å². The maximum atomic E-state index is 4.51. The van der Waals surface area contributed by atoms with E-state index in [0.717, 1.165) is 19.4 Å². The highest BCUT2D eigenvalue weighted by atomic mass is 15.3. The number of aromatic nitrogens is 2. The van der Waals surface area contributed by atoms with Crippen molar-refractivity contribution in [3.63, 3.8) is 0 Å². The monoisotopic (exact) mass is 265 g/mol. The minimum Gasteiger partial charge on any atom is -0.314 e. The Morgan fingerprint density at radius 3 is 2.47 bits per heavy atom. The molecule has 0 amide bonds. The molecule has 3 heteroatoms. The third-order valence-electron chi connectivity index (χ3n) is 3.81. The summed E-state index contributed by atoms with van der Waals surface area (Å²) < 4.78 is 2.04. The summed E-state index contributed by atoms with van der Waals surface area (Å²) in [7, 11) is 2.06. The number of nitrogens with zero attached hydrogens (tertiary/aromatic N) is 2. The van der Waals surface area contributed by atoms with Crippen LogP contribution in [-0.4, -0.2) is 22.4 Å². The Kier molecular flexibility index (Phi) is 6.05. The third-order valence-corrected chi connectivity index (χ3v) is 3.81. The molecule has 110 valence electrons. The first-order chi connectivity index (χ1) is 8.88. The SMILES string of the molecule is CCNC(CCCc1cc(CC)nn1C)C(C)(C)C. The summed E-state index contributed by atoms with van der Waals surface area (Å²) >= 11 is 0. The summed E-state index contributed by atoms with van der Waals surface area (Å²) in [5.74, 6) is 0. The van der Waals surface area contributed by atoms with E-state index in [9.17, 15) is 0 Å². The molecule has 0 aliphatic heterocycles. The molecule has 1 unspecified atom stereocenters. The molecular weight excluding hydrogens is 234 g/mol. The van der Waals surface area contributed by atoms with E-state index < -0.39 is 0 Å². The second-order valence-corrected chi connectivity index (χ2v) is 6.47. The number of hydrogen-bond donors (Lipinski definition) is 1. The van der Waals surface area contributed by atoms with Gasteiger partial charge in [0.25, 0.3) is 0 Å². The number of nitrogens with one attached hydrogen (secondary N) is 1. The molecule has 0 aromatic carbocycles. The molecule has 0 fully saturated rings. The fourth-order valence-electron chi connectivity index (χ4n) is 2.55. The standard InChI is InChI=1S/C16H31N3/c1-7-13-12-14(19(6)18-13)10-9-11-15(17-8-2)16(3,4)5/h12,15,17H,7-11H2,1-6H3. The number of hydrogen-bond acceptors (Lipinski definition) is 2. The van der Waals surface area contributed by atoms with Crippen molar-refractivity contribution in [1.82, 2.24) is 15.1 Å². The van der Waals surface area contributed by atoms with Crippen molar-refractivity contribution < 1.29 is 0 Å². The van der Waals surface area contributed by atoms with Crippen LogP contribution in [0.25, 0.3) is 0 Å². The second-order valence-electron chi connectivity index (χ2n) is 6.47. The lowest BCUT2D eigenvalue weighted by atomic mass is 9.83. The minimum absolute atomic E-state index is 0.330. The van der Waals surface area contributed by atoms with Gasteiger partial charge in [-0.1, -0.05) is 34.6 Å². The van der Waals surface area contributed by atoms with Gasteiger partial charge in [-0.3, -0.25) is 4.68 Å². The van der Waals surface area contributed by atoms with Gasteiger partial charge in [0, 0.05) is 18.8 Å². The van der Waals surface area contributed by atoms with Gasteiger partial charge in [-0.05, 0) is 43.7 Å². The zero-order valence-corrected chi connectivity index (χ0v) is 13.6. The molecule has 0 spiro atoms. The van der Waals surface area contributed by atoms with Crippen LogP contribution >= 0.6 is 0 Å². The lowest BCUT2D eigenvalue weighted by molar-refractivity contribution is 0.254. The van der Waals surface area contributed by atoms with Gasteiger partial charge in [-0.25, -0.2) is 0 Å². The first-order valence-electron chi connectivity index (χ1n) is 7.63. The predicted octanol–water partition coefficient (Wildman–Crippen LogP) is 3.33. The second kappa shape index (κ2) is 7.09. The Labute approximate surface area is 118 Å². The molecule has 1 aromatic rings. The minimum atomic E-state index is 0.330. The molecule has 1 N–H and O–H groups in total. The molecule has 0 aliphatic rings. The molecular formula is C16H31N3. The van der Waals surface area contributed by atoms with E-state index in [-0.39, 0.29) is 0 Å². The van der Waals surface area contributed by atoms with Crippen molar-refractivity contribution in [3.8, 4) is 0 Å². The highest BCUT2D eigenvalue weighted by molar-refractivity contribution is 5.10. The summed E-state index contributed by atoms with van der Waals surface area (Å²) in [5, 5.41) is 8.13. The van der Waals surface area contributed by atoms with E-state index >= 15 is 0 Å². The van der Waals surface area contributed by atoms with Crippen molar-refractivity contribution in [3.05, 3.63) is 17.5 Å².